The zero-order chi connectivity index (χ0) is 21.7. The highest BCUT2D eigenvalue weighted by atomic mass is 32.2. The first-order valence-electron chi connectivity index (χ1n) is 10.5. The summed E-state index contributed by atoms with van der Waals surface area (Å²) in [6.45, 7) is 0. The lowest BCUT2D eigenvalue weighted by Crippen LogP contribution is -2.49. The van der Waals surface area contributed by atoms with Gasteiger partial charge in [0.2, 0.25) is 15.9 Å². The Balaban J connectivity index is 1.58. The lowest BCUT2D eigenvalue weighted by molar-refractivity contribution is -0.123. The van der Waals surface area contributed by atoms with Gasteiger partial charge in [0.15, 0.2) is 0 Å². The van der Waals surface area contributed by atoms with Crippen LogP contribution in [0.15, 0.2) is 89.8 Å². The number of carbonyl (C=O) groups is 1. The van der Waals surface area contributed by atoms with Crippen LogP contribution in [0, 0.1) is 0 Å². The summed E-state index contributed by atoms with van der Waals surface area (Å²) in [5.74, 6) is -0.315. The molecule has 1 amide bonds. The van der Waals surface area contributed by atoms with Gasteiger partial charge in [-0.3, -0.25) is 4.79 Å². The number of sulfonamides is 1. The van der Waals surface area contributed by atoms with Crippen LogP contribution in [-0.4, -0.2) is 20.4 Å². The smallest absolute Gasteiger partial charge is 0.241 e. The van der Waals surface area contributed by atoms with Crippen molar-refractivity contribution >= 4 is 15.9 Å². The molecule has 4 rings (SSSR count). The predicted molar refractivity (Wildman–Crippen MR) is 121 cm³/mol. The van der Waals surface area contributed by atoms with E-state index >= 15 is 0 Å². The molecule has 0 bridgehead atoms. The van der Waals surface area contributed by atoms with Gasteiger partial charge < -0.3 is 5.32 Å². The fourth-order valence-corrected chi connectivity index (χ4v) is 5.29. The molecule has 0 fully saturated rings. The van der Waals surface area contributed by atoms with Crippen LogP contribution in [-0.2, 0) is 27.7 Å². The summed E-state index contributed by atoms with van der Waals surface area (Å²) in [4.78, 5) is 13.4. The highest BCUT2D eigenvalue weighted by Gasteiger charge is 2.29. The monoisotopic (exact) mass is 434 g/mol. The predicted octanol–water partition coefficient (Wildman–Crippen LogP) is 3.77. The topological polar surface area (TPSA) is 75.3 Å². The summed E-state index contributed by atoms with van der Waals surface area (Å²) < 4.78 is 28.5. The molecule has 0 aliphatic heterocycles. The van der Waals surface area contributed by atoms with Crippen LogP contribution < -0.4 is 10.0 Å². The van der Waals surface area contributed by atoms with Gasteiger partial charge in [0.25, 0.3) is 0 Å². The number of hydrogen-bond donors (Lipinski definition) is 2. The van der Waals surface area contributed by atoms with Crippen LogP contribution in [0.2, 0.25) is 0 Å². The molecule has 0 heterocycles. The minimum Gasteiger partial charge on any atom is -0.348 e. The van der Waals surface area contributed by atoms with Crippen molar-refractivity contribution < 1.29 is 13.2 Å². The molecule has 3 aromatic rings. The van der Waals surface area contributed by atoms with Gasteiger partial charge in [-0.15, -0.1) is 0 Å². The third kappa shape index (κ3) is 5.21. The van der Waals surface area contributed by atoms with Crippen LogP contribution in [0.5, 0.6) is 0 Å². The number of carbonyl (C=O) groups excluding carboxylic acids is 1. The molecule has 0 saturated carbocycles. The van der Waals surface area contributed by atoms with E-state index in [1.54, 1.807) is 18.2 Å². The Morgan fingerprint density at radius 1 is 0.903 bits per heavy atom. The molecule has 5 nitrogen and oxygen atoms in total. The van der Waals surface area contributed by atoms with E-state index < -0.39 is 16.1 Å². The van der Waals surface area contributed by atoms with Crippen LogP contribution in [0.1, 0.15) is 35.6 Å². The summed E-state index contributed by atoms with van der Waals surface area (Å²) in [5, 5.41) is 3.10. The molecule has 6 heteroatoms. The molecule has 0 aromatic heterocycles. The summed E-state index contributed by atoms with van der Waals surface area (Å²) >= 11 is 0. The van der Waals surface area contributed by atoms with Crippen molar-refractivity contribution in [2.45, 2.75) is 42.7 Å². The van der Waals surface area contributed by atoms with Gasteiger partial charge in [-0.2, -0.15) is 4.72 Å². The molecule has 160 valence electrons. The number of amides is 1. The van der Waals surface area contributed by atoms with Gasteiger partial charge in [-0.25, -0.2) is 8.42 Å². The first-order chi connectivity index (χ1) is 15.0. The van der Waals surface area contributed by atoms with E-state index in [9.17, 15) is 13.2 Å². The molecular formula is C25H26N2O3S. The summed E-state index contributed by atoms with van der Waals surface area (Å²) in [6.07, 6.45) is 3.09. The Hall–Kier alpha value is -2.96. The van der Waals surface area contributed by atoms with E-state index in [0.29, 0.717) is 0 Å². The molecule has 1 aliphatic carbocycles. The van der Waals surface area contributed by atoms with E-state index in [4.69, 9.17) is 0 Å². The van der Waals surface area contributed by atoms with Crippen molar-refractivity contribution in [1.29, 1.82) is 0 Å². The van der Waals surface area contributed by atoms with Crippen molar-refractivity contribution in [2.75, 3.05) is 0 Å². The van der Waals surface area contributed by atoms with E-state index in [-0.39, 0.29) is 23.3 Å². The Morgan fingerprint density at radius 3 is 2.29 bits per heavy atom. The highest BCUT2D eigenvalue weighted by Crippen LogP contribution is 2.29. The normalized spacial score (nSPS) is 16.8. The van der Waals surface area contributed by atoms with Crippen molar-refractivity contribution in [3.63, 3.8) is 0 Å². The first-order valence-corrected chi connectivity index (χ1v) is 12.0. The maximum absolute atomic E-state index is 13.3. The van der Waals surface area contributed by atoms with Crippen LogP contribution >= 0.6 is 0 Å². The molecule has 1 aliphatic rings. The quantitative estimate of drug-likeness (QED) is 0.594. The van der Waals surface area contributed by atoms with Crippen LogP contribution in [0.3, 0.4) is 0 Å². The number of rotatable bonds is 7. The number of hydrogen-bond acceptors (Lipinski definition) is 3. The molecule has 0 spiro atoms. The van der Waals surface area contributed by atoms with E-state index in [1.807, 2.05) is 48.5 Å². The number of benzene rings is 3. The number of nitrogens with one attached hydrogen (secondary N) is 2. The number of fused-ring (bicyclic) bond motifs is 1. The lowest BCUT2D eigenvalue weighted by atomic mass is 9.87. The second-order valence-electron chi connectivity index (χ2n) is 7.83. The average Bonchev–Trinajstić information content (AvgIpc) is 2.80. The fraction of sp³-hybridized carbons (Fsp3) is 0.240. The van der Waals surface area contributed by atoms with Crippen molar-refractivity contribution in [1.82, 2.24) is 10.0 Å². The minimum absolute atomic E-state index is 0.114. The Morgan fingerprint density at radius 2 is 1.55 bits per heavy atom. The highest BCUT2D eigenvalue weighted by molar-refractivity contribution is 7.89. The molecule has 0 saturated heterocycles. The van der Waals surface area contributed by atoms with Gasteiger partial charge in [0.05, 0.1) is 10.9 Å². The van der Waals surface area contributed by atoms with Crippen molar-refractivity contribution in [2.24, 2.45) is 0 Å². The molecule has 0 radical (unpaired) electrons. The standard InChI is InChI=1S/C25H26N2O3S/c28-25(26-23-17-9-13-20-12-7-8-16-22(20)23)24(18-19-10-3-1-4-11-19)27-31(29,30)21-14-5-2-6-15-21/h1-8,10-12,14-16,23-24,27H,9,13,17-18H2,(H,26,28)/t23-,24-/m0/s1. The molecule has 3 aromatic carbocycles. The molecule has 2 atom stereocenters. The third-order valence-electron chi connectivity index (χ3n) is 5.64. The number of aryl methyl sites for hydroxylation is 1. The zero-order valence-corrected chi connectivity index (χ0v) is 18.0. The van der Waals surface area contributed by atoms with Gasteiger partial charge in [0, 0.05) is 0 Å². The lowest BCUT2D eigenvalue weighted by Gasteiger charge is -2.28. The van der Waals surface area contributed by atoms with Gasteiger partial charge in [-0.1, -0.05) is 72.8 Å². The average molecular weight is 435 g/mol. The minimum atomic E-state index is -3.84. The van der Waals surface area contributed by atoms with Gasteiger partial charge in [-0.05, 0) is 54.5 Å². The van der Waals surface area contributed by atoms with E-state index in [0.717, 1.165) is 30.4 Å². The van der Waals surface area contributed by atoms with E-state index in [2.05, 4.69) is 16.1 Å². The van der Waals surface area contributed by atoms with Gasteiger partial charge in [0.1, 0.15) is 6.04 Å². The zero-order valence-electron chi connectivity index (χ0n) is 17.2. The van der Waals surface area contributed by atoms with E-state index in [1.165, 1.54) is 17.7 Å². The Kier molecular flexibility index (Phi) is 6.49. The third-order valence-corrected chi connectivity index (χ3v) is 7.12. The molecule has 0 unspecified atom stereocenters. The van der Waals surface area contributed by atoms with Gasteiger partial charge >= 0.3 is 0 Å². The summed E-state index contributed by atoms with van der Waals surface area (Å²) in [7, 11) is -3.84. The molecular weight excluding hydrogens is 408 g/mol. The Labute approximate surface area is 183 Å². The van der Waals surface area contributed by atoms with Crippen LogP contribution in [0.4, 0.5) is 0 Å². The first kappa shape index (κ1) is 21.3. The molecule has 2 N–H and O–H groups in total. The molecule has 31 heavy (non-hydrogen) atoms. The largest absolute Gasteiger partial charge is 0.348 e. The second-order valence-corrected chi connectivity index (χ2v) is 9.54. The summed E-state index contributed by atoms with van der Waals surface area (Å²) in [5.41, 5.74) is 3.25. The second kappa shape index (κ2) is 9.45. The fourth-order valence-electron chi connectivity index (χ4n) is 4.07. The summed E-state index contributed by atoms with van der Waals surface area (Å²) in [6, 6.07) is 24.7. The van der Waals surface area contributed by atoms with Crippen molar-refractivity contribution in [3.8, 4) is 0 Å². The SMILES string of the molecule is O=C(N[C@H]1CCCc2ccccc21)[C@H](Cc1ccccc1)NS(=O)(=O)c1ccccc1. The Bertz CT molecular complexity index is 1130. The van der Waals surface area contributed by atoms with Crippen LogP contribution in [0.25, 0.3) is 0 Å². The maximum atomic E-state index is 13.3. The maximum Gasteiger partial charge on any atom is 0.241 e. The van der Waals surface area contributed by atoms with Crippen molar-refractivity contribution in [3.05, 3.63) is 102 Å².